The maximum absolute atomic E-state index is 4.35. The Bertz CT molecular complexity index is 582. The molecule has 3 heteroatoms. The minimum absolute atomic E-state index is 0.319. The summed E-state index contributed by atoms with van der Waals surface area (Å²) in [6.45, 7) is 2.31. The molecule has 0 bridgehead atoms. The molecule has 2 aromatic heterocycles. The van der Waals surface area contributed by atoms with Crippen LogP contribution in [0, 0.1) is 0 Å². The molecule has 0 aromatic carbocycles. The van der Waals surface area contributed by atoms with Gasteiger partial charge in [0.05, 0.1) is 0 Å². The van der Waals surface area contributed by atoms with Gasteiger partial charge in [0.1, 0.15) is 0 Å². The lowest BCUT2D eigenvalue weighted by atomic mass is 9.71. The van der Waals surface area contributed by atoms with E-state index in [9.17, 15) is 0 Å². The number of hydrogen-bond donors (Lipinski definition) is 1. The molecule has 0 nitrogen and oxygen atoms in total. The van der Waals surface area contributed by atoms with E-state index in [1.807, 2.05) is 22.7 Å². The first-order valence-corrected chi connectivity index (χ1v) is 12.0. The van der Waals surface area contributed by atoms with E-state index in [2.05, 4.69) is 42.4 Å². The number of hydrogen-bond acceptors (Lipinski definition) is 3. The highest BCUT2D eigenvalue weighted by atomic mass is 32.1. The van der Waals surface area contributed by atoms with Crippen molar-refractivity contribution in [1.29, 1.82) is 0 Å². The summed E-state index contributed by atoms with van der Waals surface area (Å²) in [4.78, 5) is 3.15. The van der Waals surface area contributed by atoms with Crippen LogP contribution in [0.2, 0.25) is 0 Å². The lowest BCUT2D eigenvalue weighted by Crippen LogP contribution is -2.24. The summed E-state index contributed by atoms with van der Waals surface area (Å²) in [7, 11) is 0. The van der Waals surface area contributed by atoms with Crippen LogP contribution >= 0.6 is 35.3 Å². The van der Waals surface area contributed by atoms with Gasteiger partial charge in [0.15, 0.2) is 0 Å². The van der Waals surface area contributed by atoms with E-state index in [0.717, 1.165) is 5.75 Å². The Labute approximate surface area is 161 Å². The van der Waals surface area contributed by atoms with Crippen LogP contribution in [0.4, 0.5) is 0 Å². The van der Waals surface area contributed by atoms with Gasteiger partial charge in [-0.1, -0.05) is 51.9 Å². The lowest BCUT2D eigenvalue weighted by Gasteiger charge is -2.31. The number of thiol groups is 1. The molecule has 1 aliphatic carbocycles. The van der Waals surface area contributed by atoms with Gasteiger partial charge in [-0.2, -0.15) is 12.6 Å². The Hall–Kier alpha value is -0.250. The fraction of sp³-hybridized carbons (Fsp3) is 0.619. The molecule has 0 saturated heterocycles. The Morgan fingerprint density at radius 1 is 0.792 bits per heavy atom. The third-order valence-corrected chi connectivity index (χ3v) is 7.85. The topological polar surface area (TPSA) is 0 Å². The Morgan fingerprint density at radius 3 is 1.88 bits per heavy atom. The summed E-state index contributed by atoms with van der Waals surface area (Å²) < 4.78 is 0. The van der Waals surface area contributed by atoms with Crippen molar-refractivity contribution in [2.75, 3.05) is 5.75 Å². The van der Waals surface area contributed by atoms with Gasteiger partial charge in [-0.3, -0.25) is 0 Å². The van der Waals surface area contributed by atoms with Gasteiger partial charge in [0, 0.05) is 15.2 Å². The summed E-state index contributed by atoms with van der Waals surface area (Å²) in [5.41, 5.74) is 3.62. The Kier molecular flexibility index (Phi) is 6.88. The summed E-state index contributed by atoms with van der Waals surface area (Å²) in [6.07, 6.45) is 13.4. The van der Waals surface area contributed by atoms with Crippen LogP contribution in [-0.2, 0) is 5.41 Å². The zero-order valence-electron chi connectivity index (χ0n) is 14.9. The van der Waals surface area contributed by atoms with Gasteiger partial charge < -0.3 is 0 Å². The van der Waals surface area contributed by atoms with Crippen molar-refractivity contribution in [3.63, 3.8) is 0 Å². The lowest BCUT2D eigenvalue weighted by molar-refractivity contribution is 0.402. The van der Waals surface area contributed by atoms with Crippen molar-refractivity contribution in [1.82, 2.24) is 0 Å². The highest BCUT2D eigenvalue weighted by Crippen LogP contribution is 2.57. The summed E-state index contributed by atoms with van der Waals surface area (Å²) in [5, 5.41) is 4.63. The molecular formula is C21H30S3. The molecule has 1 aliphatic rings. The molecule has 0 saturated carbocycles. The zero-order valence-corrected chi connectivity index (χ0v) is 17.4. The fourth-order valence-corrected chi connectivity index (χ4v) is 6.69. The van der Waals surface area contributed by atoms with E-state index < -0.39 is 0 Å². The number of rotatable bonds is 11. The molecule has 3 rings (SSSR count). The van der Waals surface area contributed by atoms with Gasteiger partial charge in [0.2, 0.25) is 0 Å². The number of fused-ring (bicyclic) bond motifs is 3. The predicted octanol–water partition coefficient (Wildman–Crippen LogP) is 7.93. The van der Waals surface area contributed by atoms with Crippen molar-refractivity contribution in [3.8, 4) is 9.75 Å². The SMILES string of the molecule is CCCCCCC1(CCCCCCS)c2ccsc2-c2sccc21. The minimum Gasteiger partial charge on any atom is -0.179 e. The van der Waals surface area contributed by atoms with Crippen LogP contribution in [-0.4, -0.2) is 5.75 Å². The molecule has 2 aromatic rings. The highest BCUT2D eigenvalue weighted by molar-refractivity contribution is 7.80. The third kappa shape index (κ3) is 3.64. The molecule has 2 heterocycles. The van der Waals surface area contributed by atoms with Crippen molar-refractivity contribution >= 4 is 35.3 Å². The molecule has 24 heavy (non-hydrogen) atoms. The van der Waals surface area contributed by atoms with Crippen LogP contribution in [0.15, 0.2) is 22.9 Å². The molecule has 132 valence electrons. The number of unbranched alkanes of at least 4 members (excludes halogenated alkanes) is 6. The maximum Gasteiger partial charge on any atom is 0.0486 e. The van der Waals surface area contributed by atoms with Crippen LogP contribution in [0.5, 0.6) is 0 Å². The highest BCUT2D eigenvalue weighted by Gasteiger charge is 2.43. The van der Waals surface area contributed by atoms with E-state index in [4.69, 9.17) is 0 Å². The first-order chi connectivity index (χ1) is 11.8. The van der Waals surface area contributed by atoms with Crippen LogP contribution in [0.1, 0.15) is 82.3 Å². The Morgan fingerprint density at radius 2 is 1.33 bits per heavy atom. The minimum atomic E-state index is 0.319. The normalized spacial score (nSPS) is 14.8. The van der Waals surface area contributed by atoms with Gasteiger partial charge in [0.25, 0.3) is 0 Å². The second-order valence-electron chi connectivity index (χ2n) is 7.11. The van der Waals surface area contributed by atoms with Gasteiger partial charge >= 0.3 is 0 Å². The van der Waals surface area contributed by atoms with Crippen LogP contribution < -0.4 is 0 Å². The van der Waals surface area contributed by atoms with Crippen molar-refractivity contribution in [2.24, 2.45) is 0 Å². The molecule has 0 atom stereocenters. The molecule has 0 fully saturated rings. The van der Waals surface area contributed by atoms with Gasteiger partial charge in [-0.25, -0.2) is 0 Å². The third-order valence-electron chi connectivity index (χ3n) is 5.54. The van der Waals surface area contributed by atoms with Gasteiger partial charge in [-0.05, 0) is 59.0 Å². The van der Waals surface area contributed by atoms with E-state index in [-0.39, 0.29) is 0 Å². The predicted molar refractivity (Wildman–Crippen MR) is 114 cm³/mol. The molecule has 0 amide bonds. The molecule has 0 N–H and O–H groups in total. The second-order valence-corrected chi connectivity index (χ2v) is 9.39. The van der Waals surface area contributed by atoms with Gasteiger partial charge in [-0.15, -0.1) is 22.7 Å². The van der Waals surface area contributed by atoms with E-state index in [1.165, 1.54) is 64.2 Å². The summed E-state index contributed by atoms with van der Waals surface area (Å²) >= 11 is 8.26. The van der Waals surface area contributed by atoms with E-state index >= 15 is 0 Å². The molecule has 0 spiro atoms. The summed E-state index contributed by atoms with van der Waals surface area (Å²) in [6, 6.07) is 4.86. The van der Waals surface area contributed by atoms with Crippen LogP contribution in [0.25, 0.3) is 9.75 Å². The average molecular weight is 379 g/mol. The zero-order chi connectivity index (χ0) is 16.8. The summed E-state index contributed by atoms with van der Waals surface area (Å²) in [5.74, 6) is 1.03. The molecule has 0 aliphatic heterocycles. The van der Waals surface area contributed by atoms with Crippen LogP contribution in [0.3, 0.4) is 0 Å². The first kappa shape index (κ1) is 18.5. The van der Waals surface area contributed by atoms with Crippen molar-refractivity contribution in [3.05, 3.63) is 34.0 Å². The molecule has 0 radical (unpaired) electrons. The van der Waals surface area contributed by atoms with E-state index in [0.29, 0.717) is 5.41 Å². The van der Waals surface area contributed by atoms with Crippen molar-refractivity contribution < 1.29 is 0 Å². The second kappa shape index (κ2) is 8.91. The fourth-order valence-electron chi connectivity index (χ4n) is 4.28. The first-order valence-electron chi connectivity index (χ1n) is 9.60. The molecular weight excluding hydrogens is 348 g/mol. The smallest absolute Gasteiger partial charge is 0.0486 e. The average Bonchev–Trinajstić information content (AvgIpc) is 3.28. The Balaban J connectivity index is 1.78. The van der Waals surface area contributed by atoms with E-state index in [1.54, 1.807) is 20.9 Å². The van der Waals surface area contributed by atoms with Crippen molar-refractivity contribution in [2.45, 2.75) is 76.5 Å². The largest absolute Gasteiger partial charge is 0.179 e. The standard InChI is InChI=1S/C21H30S3/c1-2-3-4-7-12-21(13-8-5-6-9-14-22)17-10-15-23-19(17)20-18(21)11-16-24-20/h10-11,15-16,22H,2-9,12-14H2,1H3. The maximum atomic E-state index is 4.35. The monoisotopic (exact) mass is 378 g/mol. The molecule has 0 unspecified atom stereocenters. The number of thiophene rings is 2. The quantitative estimate of drug-likeness (QED) is 0.298.